The van der Waals surface area contributed by atoms with Crippen molar-refractivity contribution >= 4 is 16.9 Å². The van der Waals surface area contributed by atoms with Crippen molar-refractivity contribution in [1.82, 2.24) is 15.0 Å². The lowest BCUT2D eigenvalue weighted by Crippen LogP contribution is -1.88. The average Bonchev–Trinajstić information content (AvgIpc) is 2.92. The molecule has 3 aromatic rings. The van der Waals surface area contributed by atoms with Crippen LogP contribution in [-0.4, -0.2) is 22.0 Å². The van der Waals surface area contributed by atoms with Gasteiger partial charge in [0.05, 0.1) is 5.69 Å². The predicted molar refractivity (Wildman–Crippen MR) is 70.2 cm³/mol. The lowest BCUT2D eigenvalue weighted by Gasteiger charge is -1.95. The first-order valence-electron chi connectivity index (χ1n) is 5.60. The van der Waals surface area contributed by atoms with Crippen molar-refractivity contribution in [3.05, 3.63) is 36.2 Å². The second kappa shape index (κ2) is 3.66. The third-order valence-corrected chi connectivity index (χ3v) is 2.97. The maximum atomic E-state index is 4.53. The third-order valence-electron chi connectivity index (χ3n) is 2.97. The van der Waals surface area contributed by atoms with Gasteiger partial charge >= 0.3 is 0 Å². The number of aryl methyl sites for hydroxylation is 1. The number of hydrogen-bond donors (Lipinski definition) is 3. The molecule has 0 unspecified atom stereocenters. The van der Waals surface area contributed by atoms with Crippen LogP contribution in [-0.2, 0) is 0 Å². The minimum atomic E-state index is 0.794. The molecule has 0 fully saturated rings. The highest BCUT2D eigenvalue weighted by molar-refractivity contribution is 5.95. The van der Waals surface area contributed by atoms with Gasteiger partial charge in [0.25, 0.3) is 0 Å². The van der Waals surface area contributed by atoms with Crippen LogP contribution >= 0.6 is 0 Å². The van der Waals surface area contributed by atoms with E-state index in [1.807, 2.05) is 32.3 Å². The number of aromatic nitrogens is 3. The molecule has 0 aliphatic heterocycles. The molecule has 3 N–H and O–H groups in total. The molecule has 0 aliphatic carbocycles. The number of aromatic amines is 2. The predicted octanol–water partition coefficient (Wildman–Crippen LogP) is 2.91. The smallest absolute Gasteiger partial charge is 0.200 e. The van der Waals surface area contributed by atoms with Gasteiger partial charge in [0, 0.05) is 35.4 Å². The second-order valence-electron chi connectivity index (χ2n) is 4.06. The molecule has 0 spiro atoms. The van der Waals surface area contributed by atoms with Crippen LogP contribution in [0.1, 0.15) is 5.69 Å². The summed E-state index contributed by atoms with van der Waals surface area (Å²) in [4.78, 5) is 11.0. The lowest BCUT2D eigenvalue weighted by molar-refractivity contribution is 1.23. The van der Waals surface area contributed by atoms with Crippen molar-refractivity contribution < 1.29 is 0 Å². The Kier molecular flexibility index (Phi) is 2.14. The van der Waals surface area contributed by atoms with Crippen molar-refractivity contribution in [2.45, 2.75) is 6.92 Å². The molecule has 2 heterocycles. The van der Waals surface area contributed by atoms with Gasteiger partial charge in [-0.3, -0.25) is 0 Å². The van der Waals surface area contributed by atoms with Gasteiger partial charge in [0.1, 0.15) is 0 Å². The number of fused-ring (bicyclic) bond motifs is 1. The summed E-state index contributed by atoms with van der Waals surface area (Å²) in [6.07, 6.45) is 2.01. The number of benzene rings is 1. The highest BCUT2D eigenvalue weighted by atomic mass is 15.1. The summed E-state index contributed by atoms with van der Waals surface area (Å²) < 4.78 is 0. The Morgan fingerprint density at radius 3 is 2.82 bits per heavy atom. The molecule has 2 aromatic heterocycles. The molecule has 0 saturated heterocycles. The normalized spacial score (nSPS) is 10.9. The summed E-state index contributed by atoms with van der Waals surface area (Å²) >= 11 is 0. The fourth-order valence-electron chi connectivity index (χ4n) is 2.11. The van der Waals surface area contributed by atoms with Crippen LogP contribution in [0.4, 0.5) is 5.95 Å². The van der Waals surface area contributed by atoms with Gasteiger partial charge < -0.3 is 15.3 Å². The monoisotopic (exact) mass is 226 g/mol. The van der Waals surface area contributed by atoms with Crippen LogP contribution in [0.3, 0.4) is 0 Å². The number of nitrogens with zero attached hydrogens (tertiary/aromatic N) is 1. The fourth-order valence-corrected chi connectivity index (χ4v) is 2.11. The minimum Gasteiger partial charge on any atom is -0.360 e. The molecule has 0 amide bonds. The molecule has 1 aromatic carbocycles. The molecular weight excluding hydrogens is 212 g/mol. The van der Waals surface area contributed by atoms with Crippen molar-refractivity contribution in [2.75, 3.05) is 12.4 Å². The first kappa shape index (κ1) is 9.96. The van der Waals surface area contributed by atoms with Crippen LogP contribution < -0.4 is 5.32 Å². The van der Waals surface area contributed by atoms with Gasteiger partial charge in [0.15, 0.2) is 0 Å². The Morgan fingerprint density at radius 2 is 2.06 bits per heavy atom. The highest BCUT2D eigenvalue weighted by Gasteiger charge is 2.12. The van der Waals surface area contributed by atoms with Crippen LogP contribution in [0.15, 0.2) is 30.5 Å². The zero-order chi connectivity index (χ0) is 11.8. The standard InChI is InChI=1S/C13H14N4/c1-8-12(17-13(14-2)16-8)10-7-15-11-6-4-3-5-9(10)11/h3-7,15H,1-2H3,(H2,14,16,17). The number of nitrogens with one attached hydrogen (secondary N) is 3. The third kappa shape index (κ3) is 1.49. The first-order chi connectivity index (χ1) is 8.29. The number of imidazole rings is 1. The minimum absolute atomic E-state index is 0.794. The molecular formula is C13H14N4. The molecule has 86 valence electrons. The summed E-state index contributed by atoms with van der Waals surface area (Å²) in [5.74, 6) is 0.794. The topological polar surface area (TPSA) is 56.5 Å². The summed E-state index contributed by atoms with van der Waals surface area (Å²) in [6.45, 7) is 2.03. The van der Waals surface area contributed by atoms with Crippen LogP contribution in [0, 0.1) is 6.92 Å². The number of rotatable bonds is 2. The summed E-state index contributed by atoms with van der Waals surface area (Å²) in [6, 6.07) is 8.24. The van der Waals surface area contributed by atoms with Crippen LogP contribution in [0.2, 0.25) is 0 Å². The van der Waals surface area contributed by atoms with Gasteiger partial charge in [-0.05, 0) is 13.0 Å². The van der Waals surface area contributed by atoms with Crippen molar-refractivity contribution in [3.8, 4) is 11.3 Å². The average molecular weight is 226 g/mol. The first-order valence-corrected chi connectivity index (χ1v) is 5.60. The van der Waals surface area contributed by atoms with Crippen molar-refractivity contribution in [3.63, 3.8) is 0 Å². The lowest BCUT2D eigenvalue weighted by atomic mass is 10.1. The molecule has 0 saturated carbocycles. The zero-order valence-electron chi connectivity index (χ0n) is 9.83. The van der Waals surface area contributed by atoms with E-state index in [9.17, 15) is 0 Å². The van der Waals surface area contributed by atoms with E-state index in [0.717, 1.165) is 28.4 Å². The van der Waals surface area contributed by atoms with Crippen molar-refractivity contribution in [1.29, 1.82) is 0 Å². The van der Waals surface area contributed by atoms with Crippen molar-refractivity contribution in [2.24, 2.45) is 0 Å². The van der Waals surface area contributed by atoms with Gasteiger partial charge in [0.2, 0.25) is 5.95 Å². The van der Waals surface area contributed by atoms with Gasteiger partial charge in [-0.1, -0.05) is 18.2 Å². The molecule has 3 rings (SSSR count). The summed E-state index contributed by atoms with van der Waals surface area (Å²) in [7, 11) is 1.86. The molecule has 0 atom stereocenters. The van der Waals surface area contributed by atoms with Gasteiger partial charge in [-0.25, -0.2) is 4.98 Å². The van der Waals surface area contributed by atoms with E-state index in [1.165, 1.54) is 5.39 Å². The van der Waals surface area contributed by atoms with E-state index in [-0.39, 0.29) is 0 Å². The molecule has 0 bridgehead atoms. The fraction of sp³-hybridized carbons (Fsp3) is 0.154. The number of H-pyrrole nitrogens is 2. The molecule has 4 nitrogen and oxygen atoms in total. The maximum Gasteiger partial charge on any atom is 0.200 e. The van der Waals surface area contributed by atoms with Crippen LogP contribution in [0.25, 0.3) is 22.2 Å². The molecule has 0 radical (unpaired) electrons. The zero-order valence-corrected chi connectivity index (χ0v) is 9.83. The van der Waals surface area contributed by atoms with Gasteiger partial charge in [-0.2, -0.15) is 0 Å². The largest absolute Gasteiger partial charge is 0.360 e. The quantitative estimate of drug-likeness (QED) is 0.629. The molecule has 4 heteroatoms. The Hall–Kier alpha value is -2.23. The van der Waals surface area contributed by atoms with E-state index >= 15 is 0 Å². The number of para-hydroxylation sites is 1. The highest BCUT2D eigenvalue weighted by Crippen LogP contribution is 2.29. The van der Waals surface area contributed by atoms with E-state index in [4.69, 9.17) is 0 Å². The second-order valence-corrected chi connectivity index (χ2v) is 4.06. The van der Waals surface area contributed by atoms with E-state index in [0.29, 0.717) is 0 Å². The number of anilines is 1. The summed E-state index contributed by atoms with van der Waals surface area (Å²) in [5, 5.41) is 4.22. The van der Waals surface area contributed by atoms with E-state index in [1.54, 1.807) is 0 Å². The Labute approximate surface area is 99.1 Å². The molecule has 0 aliphatic rings. The van der Waals surface area contributed by atoms with E-state index < -0.39 is 0 Å². The Morgan fingerprint density at radius 1 is 1.24 bits per heavy atom. The Bertz CT molecular complexity index is 663. The van der Waals surface area contributed by atoms with Gasteiger partial charge in [-0.15, -0.1) is 0 Å². The molecule has 17 heavy (non-hydrogen) atoms. The van der Waals surface area contributed by atoms with E-state index in [2.05, 4.69) is 32.4 Å². The maximum absolute atomic E-state index is 4.53. The Balaban J connectivity index is 2.23. The number of hydrogen-bond acceptors (Lipinski definition) is 2. The SMILES string of the molecule is CNc1nc(-c2c[nH]c3ccccc23)c(C)[nH]1. The van der Waals surface area contributed by atoms with Crippen LogP contribution in [0.5, 0.6) is 0 Å². The summed E-state index contributed by atoms with van der Waals surface area (Å²) in [5.41, 5.74) is 4.33.